The van der Waals surface area contributed by atoms with Crippen LogP contribution in [-0.2, 0) is 9.53 Å². The van der Waals surface area contributed by atoms with Gasteiger partial charge in [-0.1, -0.05) is 13.8 Å². The molecule has 0 radical (unpaired) electrons. The highest BCUT2D eigenvalue weighted by Gasteiger charge is 2.38. The molecule has 5 atom stereocenters. The minimum atomic E-state index is 0.113. The molecule has 1 aliphatic heterocycles. The molecule has 2 fully saturated rings. The SMILES string of the molecule is COC1CCCN(C(=O)C2CC(N)C(C)CC2C)C1. The van der Waals surface area contributed by atoms with Gasteiger partial charge in [-0.2, -0.15) is 0 Å². The summed E-state index contributed by atoms with van der Waals surface area (Å²) in [7, 11) is 1.74. The zero-order valence-electron chi connectivity index (χ0n) is 12.5. The maximum Gasteiger partial charge on any atom is 0.226 e. The molecule has 1 amide bonds. The van der Waals surface area contributed by atoms with Crippen molar-refractivity contribution in [2.24, 2.45) is 23.5 Å². The third kappa shape index (κ3) is 3.29. The van der Waals surface area contributed by atoms with E-state index in [1.54, 1.807) is 7.11 Å². The second-order valence-electron chi connectivity index (χ2n) is 6.48. The Balaban J connectivity index is 1.98. The average molecular weight is 268 g/mol. The Bertz CT molecular complexity index is 321. The van der Waals surface area contributed by atoms with Gasteiger partial charge in [0.15, 0.2) is 0 Å². The molecule has 0 aromatic carbocycles. The monoisotopic (exact) mass is 268 g/mol. The number of amides is 1. The Labute approximate surface area is 116 Å². The van der Waals surface area contributed by atoms with Crippen LogP contribution in [0.3, 0.4) is 0 Å². The van der Waals surface area contributed by atoms with Crippen LogP contribution < -0.4 is 5.73 Å². The minimum absolute atomic E-state index is 0.113. The summed E-state index contributed by atoms with van der Waals surface area (Å²) in [5.41, 5.74) is 6.16. The fourth-order valence-electron chi connectivity index (χ4n) is 3.59. The van der Waals surface area contributed by atoms with E-state index in [0.29, 0.717) is 17.7 Å². The van der Waals surface area contributed by atoms with E-state index in [2.05, 4.69) is 13.8 Å². The first-order valence-corrected chi connectivity index (χ1v) is 7.60. The number of carbonyl (C=O) groups is 1. The van der Waals surface area contributed by atoms with Crippen LogP contribution in [0.2, 0.25) is 0 Å². The Morgan fingerprint density at radius 2 is 2.00 bits per heavy atom. The molecule has 1 saturated heterocycles. The van der Waals surface area contributed by atoms with Gasteiger partial charge in [-0.25, -0.2) is 0 Å². The van der Waals surface area contributed by atoms with Crippen LogP contribution >= 0.6 is 0 Å². The molecule has 2 N–H and O–H groups in total. The fraction of sp³-hybridized carbons (Fsp3) is 0.933. The molecular weight excluding hydrogens is 240 g/mol. The number of hydrogen-bond donors (Lipinski definition) is 1. The third-order valence-corrected chi connectivity index (χ3v) is 5.03. The summed E-state index contributed by atoms with van der Waals surface area (Å²) in [6, 6.07) is 0.174. The van der Waals surface area contributed by atoms with Gasteiger partial charge in [-0.15, -0.1) is 0 Å². The van der Waals surface area contributed by atoms with Crippen LogP contribution in [0.1, 0.15) is 39.5 Å². The van der Waals surface area contributed by atoms with Crippen molar-refractivity contribution in [3.8, 4) is 0 Å². The number of hydrogen-bond acceptors (Lipinski definition) is 3. The normalized spacial score (nSPS) is 40.2. The van der Waals surface area contributed by atoms with E-state index in [1.807, 2.05) is 4.90 Å². The van der Waals surface area contributed by atoms with Gasteiger partial charge >= 0.3 is 0 Å². The van der Waals surface area contributed by atoms with Crippen molar-refractivity contribution in [3.63, 3.8) is 0 Å². The largest absolute Gasteiger partial charge is 0.380 e. The second kappa shape index (κ2) is 6.23. The zero-order valence-corrected chi connectivity index (χ0v) is 12.5. The summed E-state index contributed by atoms with van der Waals surface area (Å²) in [6.45, 7) is 6.03. The number of rotatable bonds is 2. The smallest absolute Gasteiger partial charge is 0.226 e. The van der Waals surface area contributed by atoms with E-state index in [1.165, 1.54) is 0 Å². The van der Waals surface area contributed by atoms with Crippen molar-refractivity contribution in [2.45, 2.75) is 51.7 Å². The van der Waals surface area contributed by atoms with Gasteiger partial charge in [0.2, 0.25) is 5.91 Å². The van der Waals surface area contributed by atoms with Crippen molar-refractivity contribution < 1.29 is 9.53 Å². The Morgan fingerprint density at radius 3 is 2.68 bits per heavy atom. The van der Waals surface area contributed by atoms with Gasteiger partial charge in [-0.05, 0) is 37.5 Å². The van der Waals surface area contributed by atoms with E-state index < -0.39 is 0 Å². The van der Waals surface area contributed by atoms with Crippen molar-refractivity contribution in [2.75, 3.05) is 20.2 Å². The maximum absolute atomic E-state index is 12.7. The number of methoxy groups -OCH3 is 1. The summed E-state index contributed by atoms with van der Waals surface area (Å²) < 4.78 is 5.41. The lowest BCUT2D eigenvalue weighted by atomic mass is 9.72. The predicted molar refractivity (Wildman–Crippen MR) is 75.6 cm³/mol. The van der Waals surface area contributed by atoms with Crippen LogP contribution in [-0.4, -0.2) is 43.2 Å². The zero-order chi connectivity index (χ0) is 14.0. The summed E-state index contributed by atoms with van der Waals surface area (Å²) in [5.74, 6) is 1.40. The molecule has 1 saturated carbocycles. The number of nitrogens with zero attached hydrogens (tertiary/aromatic N) is 1. The first-order valence-electron chi connectivity index (χ1n) is 7.60. The molecule has 4 heteroatoms. The molecule has 2 aliphatic rings. The molecule has 0 aromatic heterocycles. The van der Waals surface area contributed by atoms with Gasteiger partial charge < -0.3 is 15.4 Å². The number of likely N-dealkylation sites (tertiary alicyclic amines) is 1. The Morgan fingerprint density at radius 1 is 1.26 bits per heavy atom. The lowest BCUT2D eigenvalue weighted by molar-refractivity contribution is -0.142. The van der Waals surface area contributed by atoms with Crippen molar-refractivity contribution in [1.82, 2.24) is 4.90 Å². The van der Waals surface area contributed by atoms with Gasteiger partial charge in [0.05, 0.1) is 6.10 Å². The number of piperidine rings is 1. The summed E-state index contributed by atoms with van der Waals surface area (Å²) in [4.78, 5) is 14.7. The van der Waals surface area contributed by atoms with E-state index >= 15 is 0 Å². The van der Waals surface area contributed by atoms with Gasteiger partial charge in [0.25, 0.3) is 0 Å². The van der Waals surface area contributed by atoms with Crippen molar-refractivity contribution in [1.29, 1.82) is 0 Å². The summed E-state index contributed by atoms with van der Waals surface area (Å²) in [5, 5.41) is 0. The average Bonchev–Trinajstić information content (AvgIpc) is 2.42. The predicted octanol–water partition coefficient (Wildman–Crippen LogP) is 1.63. The Hall–Kier alpha value is -0.610. The number of carbonyl (C=O) groups excluding carboxylic acids is 1. The third-order valence-electron chi connectivity index (χ3n) is 5.03. The molecule has 110 valence electrons. The molecule has 0 spiro atoms. The van der Waals surface area contributed by atoms with E-state index in [0.717, 1.165) is 38.8 Å². The number of ether oxygens (including phenoxy) is 1. The quantitative estimate of drug-likeness (QED) is 0.828. The van der Waals surface area contributed by atoms with Crippen LogP contribution in [0.25, 0.3) is 0 Å². The molecule has 19 heavy (non-hydrogen) atoms. The fourth-order valence-corrected chi connectivity index (χ4v) is 3.59. The first-order chi connectivity index (χ1) is 9.02. The summed E-state index contributed by atoms with van der Waals surface area (Å²) >= 11 is 0. The Kier molecular flexibility index (Phi) is 4.85. The topological polar surface area (TPSA) is 55.6 Å². The lowest BCUT2D eigenvalue weighted by Gasteiger charge is -2.40. The molecule has 0 bridgehead atoms. The highest BCUT2D eigenvalue weighted by Crippen LogP contribution is 2.34. The maximum atomic E-state index is 12.7. The first kappa shape index (κ1) is 14.8. The van der Waals surface area contributed by atoms with Crippen molar-refractivity contribution in [3.05, 3.63) is 0 Å². The second-order valence-corrected chi connectivity index (χ2v) is 6.48. The highest BCUT2D eigenvalue weighted by molar-refractivity contribution is 5.79. The lowest BCUT2D eigenvalue weighted by Crippen LogP contribution is -2.50. The molecule has 1 heterocycles. The minimum Gasteiger partial charge on any atom is -0.380 e. The molecule has 0 aromatic rings. The van der Waals surface area contributed by atoms with Gasteiger partial charge in [-0.3, -0.25) is 4.79 Å². The van der Waals surface area contributed by atoms with Crippen LogP contribution in [0.15, 0.2) is 0 Å². The number of nitrogens with two attached hydrogens (primary N) is 1. The molecule has 1 aliphatic carbocycles. The molecular formula is C15H28N2O2. The van der Waals surface area contributed by atoms with Gasteiger partial charge in [0, 0.05) is 32.2 Å². The van der Waals surface area contributed by atoms with Gasteiger partial charge in [0.1, 0.15) is 0 Å². The standard InChI is InChI=1S/C15H28N2O2/c1-10-7-11(2)14(16)8-13(10)15(18)17-6-4-5-12(9-17)19-3/h10-14H,4-9,16H2,1-3H3. The van der Waals surface area contributed by atoms with E-state index in [9.17, 15) is 4.79 Å². The van der Waals surface area contributed by atoms with Crippen molar-refractivity contribution >= 4 is 5.91 Å². The van der Waals surface area contributed by atoms with E-state index in [-0.39, 0.29) is 18.1 Å². The van der Waals surface area contributed by atoms with Crippen LogP contribution in [0.4, 0.5) is 0 Å². The summed E-state index contributed by atoms with van der Waals surface area (Å²) in [6.07, 6.45) is 4.24. The van der Waals surface area contributed by atoms with Crippen LogP contribution in [0.5, 0.6) is 0 Å². The highest BCUT2D eigenvalue weighted by atomic mass is 16.5. The molecule has 5 unspecified atom stereocenters. The molecule has 4 nitrogen and oxygen atoms in total. The van der Waals surface area contributed by atoms with E-state index in [4.69, 9.17) is 10.5 Å². The molecule has 2 rings (SSSR count). The van der Waals surface area contributed by atoms with Crippen LogP contribution in [0, 0.1) is 17.8 Å².